The van der Waals surface area contributed by atoms with Crippen LogP contribution < -0.4 is 5.32 Å². The van der Waals surface area contributed by atoms with E-state index in [-0.39, 0.29) is 12.4 Å². The van der Waals surface area contributed by atoms with Crippen molar-refractivity contribution in [2.75, 3.05) is 6.54 Å². The van der Waals surface area contributed by atoms with Gasteiger partial charge in [0.25, 0.3) is 0 Å². The summed E-state index contributed by atoms with van der Waals surface area (Å²) in [5.41, 5.74) is 3.48. The standard InChI is InChI=1S/C14H21N.ClH/c1-3-14(8-9-14)11-15-10-13-7-5-4-6-12(13)2;/h4-7,15H,3,8-11H2,1-2H3;1H. The second-order valence-corrected chi connectivity index (χ2v) is 4.88. The summed E-state index contributed by atoms with van der Waals surface area (Å²) in [6.07, 6.45) is 4.17. The zero-order chi connectivity index (χ0) is 10.7. The first-order valence-corrected chi connectivity index (χ1v) is 6.01. The number of rotatable bonds is 5. The Hall–Kier alpha value is -0.530. The summed E-state index contributed by atoms with van der Waals surface area (Å²) in [4.78, 5) is 0. The zero-order valence-corrected chi connectivity index (χ0v) is 11.1. The van der Waals surface area contributed by atoms with Gasteiger partial charge in [0.2, 0.25) is 0 Å². The second-order valence-electron chi connectivity index (χ2n) is 4.88. The van der Waals surface area contributed by atoms with Crippen LogP contribution in [-0.2, 0) is 6.54 Å². The van der Waals surface area contributed by atoms with E-state index in [9.17, 15) is 0 Å². The highest BCUT2D eigenvalue weighted by molar-refractivity contribution is 5.85. The molecule has 0 heterocycles. The smallest absolute Gasteiger partial charge is 0.0208 e. The highest BCUT2D eigenvalue weighted by Gasteiger charge is 2.39. The minimum absolute atomic E-state index is 0. The number of hydrogen-bond donors (Lipinski definition) is 1. The van der Waals surface area contributed by atoms with Gasteiger partial charge in [-0.1, -0.05) is 31.2 Å². The lowest BCUT2D eigenvalue weighted by Crippen LogP contribution is -2.23. The van der Waals surface area contributed by atoms with Crippen molar-refractivity contribution in [2.45, 2.75) is 39.7 Å². The fourth-order valence-electron chi connectivity index (χ4n) is 2.10. The van der Waals surface area contributed by atoms with E-state index in [1.807, 2.05) is 0 Å². The molecule has 1 saturated carbocycles. The van der Waals surface area contributed by atoms with E-state index in [4.69, 9.17) is 0 Å². The van der Waals surface area contributed by atoms with Gasteiger partial charge in [-0.25, -0.2) is 0 Å². The third kappa shape index (κ3) is 3.23. The Labute approximate surface area is 105 Å². The topological polar surface area (TPSA) is 12.0 Å². The van der Waals surface area contributed by atoms with Crippen molar-refractivity contribution in [3.05, 3.63) is 35.4 Å². The van der Waals surface area contributed by atoms with Gasteiger partial charge in [0.15, 0.2) is 0 Å². The molecule has 0 saturated heterocycles. The third-order valence-electron chi connectivity index (χ3n) is 3.78. The maximum atomic E-state index is 3.60. The molecule has 1 N–H and O–H groups in total. The van der Waals surface area contributed by atoms with Gasteiger partial charge in [-0.15, -0.1) is 12.4 Å². The molecule has 0 amide bonds. The third-order valence-corrected chi connectivity index (χ3v) is 3.78. The van der Waals surface area contributed by atoms with Crippen LogP contribution in [0.4, 0.5) is 0 Å². The van der Waals surface area contributed by atoms with Crippen molar-refractivity contribution in [2.24, 2.45) is 5.41 Å². The molecule has 0 bridgehead atoms. The fraction of sp³-hybridized carbons (Fsp3) is 0.571. The van der Waals surface area contributed by atoms with E-state index in [0.717, 1.165) is 6.54 Å². The van der Waals surface area contributed by atoms with Crippen molar-refractivity contribution < 1.29 is 0 Å². The normalized spacial score (nSPS) is 16.6. The van der Waals surface area contributed by atoms with E-state index in [1.165, 1.54) is 36.9 Å². The molecule has 1 aliphatic rings. The number of hydrogen-bond acceptors (Lipinski definition) is 1. The Bertz CT molecular complexity index is 331. The molecule has 1 fully saturated rings. The summed E-state index contributed by atoms with van der Waals surface area (Å²) >= 11 is 0. The Morgan fingerprint density at radius 3 is 2.50 bits per heavy atom. The predicted octanol–water partition coefficient (Wildman–Crippen LogP) is 3.70. The average Bonchev–Trinajstić information content (AvgIpc) is 3.02. The molecule has 90 valence electrons. The average molecular weight is 240 g/mol. The lowest BCUT2D eigenvalue weighted by atomic mass is 10.0. The van der Waals surface area contributed by atoms with Crippen molar-refractivity contribution in [1.82, 2.24) is 5.32 Å². The lowest BCUT2D eigenvalue weighted by Gasteiger charge is -2.14. The zero-order valence-electron chi connectivity index (χ0n) is 10.3. The molecular weight excluding hydrogens is 218 g/mol. The molecule has 1 aliphatic carbocycles. The molecule has 0 atom stereocenters. The molecule has 16 heavy (non-hydrogen) atoms. The highest BCUT2D eigenvalue weighted by Crippen LogP contribution is 2.47. The minimum Gasteiger partial charge on any atom is -0.312 e. The summed E-state index contributed by atoms with van der Waals surface area (Å²) in [5.74, 6) is 0. The number of halogens is 1. The van der Waals surface area contributed by atoms with E-state index < -0.39 is 0 Å². The maximum absolute atomic E-state index is 3.60. The van der Waals surface area contributed by atoms with Crippen LogP contribution in [0, 0.1) is 12.3 Å². The molecule has 0 radical (unpaired) electrons. The van der Waals surface area contributed by atoms with Gasteiger partial charge < -0.3 is 5.32 Å². The molecular formula is C14H22ClN. The fourth-order valence-corrected chi connectivity index (χ4v) is 2.10. The molecule has 1 aromatic carbocycles. The van der Waals surface area contributed by atoms with Gasteiger partial charge in [0.05, 0.1) is 0 Å². The van der Waals surface area contributed by atoms with Crippen LogP contribution >= 0.6 is 12.4 Å². The van der Waals surface area contributed by atoms with Gasteiger partial charge >= 0.3 is 0 Å². The predicted molar refractivity (Wildman–Crippen MR) is 72.1 cm³/mol. The van der Waals surface area contributed by atoms with Crippen LogP contribution in [0.25, 0.3) is 0 Å². The summed E-state index contributed by atoms with van der Waals surface area (Å²) in [6.45, 7) is 6.71. The van der Waals surface area contributed by atoms with Crippen LogP contribution in [0.2, 0.25) is 0 Å². The van der Waals surface area contributed by atoms with Gasteiger partial charge in [0, 0.05) is 13.1 Å². The van der Waals surface area contributed by atoms with Gasteiger partial charge in [-0.3, -0.25) is 0 Å². The first-order valence-electron chi connectivity index (χ1n) is 6.01. The Kier molecular flexibility index (Phi) is 4.82. The molecule has 0 unspecified atom stereocenters. The van der Waals surface area contributed by atoms with Crippen LogP contribution in [0.5, 0.6) is 0 Å². The van der Waals surface area contributed by atoms with Crippen LogP contribution in [0.3, 0.4) is 0 Å². The first kappa shape index (κ1) is 13.5. The SMILES string of the molecule is CCC1(CNCc2ccccc2C)CC1.Cl. The Balaban J connectivity index is 0.00000128. The van der Waals surface area contributed by atoms with E-state index in [1.54, 1.807) is 0 Å². The summed E-state index contributed by atoms with van der Waals surface area (Å²) in [6, 6.07) is 8.63. The van der Waals surface area contributed by atoms with Crippen molar-refractivity contribution in [3.63, 3.8) is 0 Å². The molecule has 1 nitrogen and oxygen atoms in total. The first-order chi connectivity index (χ1) is 7.26. The summed E-state index contributed by atoms with van der Waals surface area (Å²) < 4.78 is 0. The van der Waals surface area contributed by atoms with Gasteiger partial charge in [0.1, 0.15) is 0 Å². The number of benzene rings is 1. The maximum Gasteiger partial charge on any atom is 0.0208 e. The summed E-state index contributed by atoms with van der Waals surface area (Å²) in [7, 11) is 0. The van der Waals surface area contributed by atoms with E-state index in [0.29, 0.717) is 5.41 Å². The van der Waals surface area contributed by atoms with Crippen molar-refractivity contribution in [3.8, 4) is 0 Å². The molecule has 0 spiro atoms. The van der Waals surface area contributed by atoms with Crippen molar-refractivity contribution in [1.29, 1.82) is 0 Å². The van der Waals surface area contributed by atoms with Crippen LogP contribution in [0.1, 0.15) is 37.3 Å². The Morgan fingerprint density at radius 2 is 1.94 bits per heavy atom. The van der Waals surface area contributed by atoms with Gasteiger partial charge in [-0.05, 0) is 42.7 Å². The molecule has 2 heteroatoms. The largest absolute Gasteiger partial charge is 0.312 e. The molecule has 2 rings (SSSR count). The van der Waals surface area contributed by atoms with E-state index >= 15 is 0 Å². The van der Waals surface area contributed by atoms with Crippen LogP contribution in [-0.4, -0.2) is 6.54 Å². The molecule has 0 aromatic heterocycles. The van der Waals surface area contributed by atoms with Crippen molar-refractivity contribution >= 4 is 12.4 Å². The highest BCUT2D eigenvalue weighted by atomic mass is 35.5. The summed E-state index contributed by atoms with van der Waals surface area (Å²) in [5, 5.41) is 3.60. The van der Waals surface area contributed by atoms with Crippen LogP contribution in [0.15, 0.2) is 24.3 Å². The van der Waals surface area contributed by atoms with E-state index in [2.05, 4.69) is 43.4 Å². The van der Waals surface area contributed by atoms with Gasteiger partial charge in [-0.2, -0.15) is 0 Å². The lowest BCUT2D eigenvalue weighted by molar-refractivity contribution is 0.443. The number of aryl methyl sites for hydroxylation is 1. The monoisotopic (exact) mass is 239 g/mol. The molecule has 1 aromatic rings. The number of nitrogens with one attached hydrogen (secondary N) is 1. The quantitative estimate of drug-likeness (QED) is 0.826. The minimum atomic E-state index is 0. The second kappa shape index (κ2) is 5.70. The Morgan fingerprint density at radius 1 is 1.25 bits per heavy atom. The molecule has 0 aliphatic heterocycles.